The van der Waals surface area contributed by atoms with Gasteiger partial charge in [0.05, 0.1) is 10.6 Å². The first-order valence-electron chi connectivity index (χ1n) is 6.81. The molecule has 4 nitrogen and oxygen atoms in total. The summed E-state index contributed by atoms with van der Waals surface area (Å²) in [5, 5.41) is 3.41. The fourth-order valence-electron chi connectivity index (χ4n) is 1.87. The molecule has 1 aromatic carbocycles. The molecule has 0 radical (unpaired) electrons. The predicted molar refractivity (Wildman–Crippen MR) is 84.5 cm³/mol. The zero-order chi connectivity index (χ0) is 16.0. The average Bonchev–Trinajstić information content (AvgIpc) is 2.42. The summed E-state index contributed by atoms with van der Waals surface area (Å²) in [7, 11) is 0. The van der Waals surface area contributed by atoms with Crippen molar-refractivity contribution in [3.63, 3.8) is 0 Å². The van der Waals surface area contributed by atoms with E-state index in [1.54, 1.807) is 0 Å². The molecular weight excluding hydrogens is 313 g/mol. The second-order valence-corrected chi connectivity index (χ2v) is 5.53. The molecule has 1 N–H and O–H groups in total. The zero-order valence-corrected chi connectivity index (χ0v) is 13.8. The van der Waals surface area contributed by atoms with Crippen molar-refractivity contribution in [2.24, 2.45) is 0 Å². The number of Topliss-reactive ketones (excluding diaryl/α,β-unsaturated/α-hetero) is 1. The van der Waals surface area contributed by atoms with Crippen molar-refractivity contribution in [2.45, 2.75) is 39.7 Å². The third-order valence-electron chi connectivity index (χ3n) is 3.09. The summed E-state index contributed by atoms with van der Waals surface area (Å²) >= 11 is 11.9. The van der Waals surface area contributed by atoms with E-state index in [2.05, 4.69) is 5.32 Å². The number of benzene rings is 1. The summed E-state index contributed by atoms with van der Waals surface area (Å²) < 4.78 is 5.41. The summed E-state index contributed by atoms with van der Waals surface area (Å²) in [5.74, 6) is -0.285. The largest absolute Gasteiger partial charge is 0.481 e. The molecular formula is C15H19Cl2NO3. The quantitative estimate of drug-likeness (QED) is 0.771. The minimum Gasteiger partial charge on any atom is -0.481 e. The smallest absolute Gasteiger partial charge is 0.258 e. The van der Waals surface area contributed by atoms with E-state index in [1.807, 2.05) is 13.8 Å². The Morgan fingerprint density at radius 1 is 1.24 bits per heavy atom. The van der Waals surface area contributed by atoms with E-state index in [4.69, 9.17) is 27.9 Å². The van der Waals surface area contributed by atoms with Crippen molar-refractivity contribution in [3.05, 3.63) is 27.7 Å². The molecule has 1 rings (SSSR count). The van der Waals surface area contributed by atoms with Crippen LogP contribution in [0.15, 0.2) is 12.1 Å². The van der Waals surface area contributed by atoms with Gasteiger partial charge in [0.2, 0.25) is 0 Å². The van der Waals surface area contributed by atoms with Crippen molar-refractivity contribution < 1.29 is 14.3 Å². The summed E-state index contributed by atoms with van der Waals surface area (Å²) in [6, 6.07) is 3.07. The van der Waals surface area contributed by atoms with Gasteiger partial charge in [-0.15, -0.1) is 0 Å². The minimum atomic E-state index is -0.246. The lowest BCUT2D eigenvalue weighted by molar-refractivity contribution is -0.123. The monoisotopic (exact) mass is 331 g/mol. The van der Waals surface area contributed by atoms with Crippen molar-refractivity contribution >= 4 is 34.9 Å². The number of nitrogens with one attached hydrogen (secondary N) is 1. The van der Waals surface area contributed by atoms with Crippen molar-refractivity contribution in [2.75, 3.05) is 6.61 Å². The van der Waals surface area contributed by atoms with Crippen LogP contribution in [0.2, 0.25) is 10.0 Å². The highest BCUT2D eigenvalue weighted by Crippen LogP contribution is 2.32. The Balaban J connectivity index is 2.80. The Labute approximate surface area is 134 Å². The number of hydrogen-bond donors (Lipinski definition) is 1. The number of hydrogen-bond acceptors (Lipinski definition) is 3. The minimum absolute atomic E-state index is 0.120. The molecule has 0 aliphatic heterocycles. The number of halogens is 2. The average molecular weight is 332 g/mol. The number of rotatable bonds is 7. The molecule has 1 amide bonds. The van der Waals surface area contributed by atoms with Crippen LogP contribution in [-0.2, 0) is 4.79 Å². The SMILES string of the molecule is CCC(CC)NC(=O)COc1c(Cl)cc(Cl)cc1C(C)=O. The Hall–Kier alpha value is -1.26. The van der Waals surface area contributed by atoms with Gasteiger partial charge in [-0.2, -0.15) is 0 Å². The molecule has 0 saturated carbocycles. The highest BCUT2D eigenvalue weighted by atomic mass is 35.5. The van der Waals surface area contributed by atoms with Crippen molar-refractivity contribution in [3.8, 4) is 5.75 Å². The van der Waals surface area contributed by atoms with Gasteiger partial charge in [0, 0.05) is 11.1 Å². The highest BCUT2D eigenvalue weighted by molar-refractivity contribution is 6.36. The van der Waals surface area contributed by atoms with Crippen LogP contribution < -0.4 is 10.1 Å². The number of ether oxygens (including phenoxy) is 1. The molecule has 0 aliphatic rings. The molecule has 0 fully saturated rings. The Kier molecular flexibility index (Phi) is 6.99. The summed E-state index contributed by atoms with van der Waals surface area (Å²) in [6.07, 6.45) is 1.70. The maximum Gasteiger partial charge on any atom is 0.258 e. The second kappa shape index (κ2) is 8.25. The van der Waals surface area contributed by atoms with Gasteiger partial charge in [0.25, 0.3) is 5.91 Å². The first kappa shape index (κ1) is 17.8. The van der Waals surface area contributed by atoms with Gasteiger partial charge >= 0.3 is 0 Å². The van der Waals surface area contributed by atoms with Gasteiger partial charge in [-0.05, 0) is 31.9 Å². The number of carbonyl (C=O) groups is 2. The molecule has 0 saturated heterocycles. The number of carbonyl (C=O) groups excluding carboxylic acids is 2. The lowest BCUT2D eigenvalue weighted by Crippen LogP contribution is -2.37. The van der Waals surface area contributed by atoms with Gasteiger partial charge in [-0.1, -0.05) is 37.0 Å². The Morgan fingerprint density at radius 3 is 2.38 bits per heavy atom. The summed E-state index contributed by atoms with van der Waals surface area (Å²) in [6.45, 7) is 5.19. The normalized spacial score (nSPS) is 10.6. The third-order valence-corrected chi connectivity index (χ3v) is 3.58. The van der Waals surface area contributed by atoms with Gasteiger partial charge in [-0.3, -0.25) is 9.59 Å². The van der Waals surface area contributed by atoms with E-state index in [1.165, 1.54) is 19.1 Å². The van der Waals surface area contributed by atoms with Crippen LogP contribution in [0.4, 0.5) is 0 Å². The fourth-order valence-corrected chi connectivity index (χ4v) is 2.42. The van der Waals surface area contributed by atoms with E-state index in [-0.39, 0.29) is 40.7 Å². The van der Waals surface area contributed by atoms with Gasteiger partial charge in [0.1, 0.15) is 5.75 Å². The molecule has 6 heteroatoms. The predicted octanol–water partition coefficient (Wildman–Crippen LogP) is 3.88. The van der Waals surface area contributed by atoms with Gasteiger partial charge in [-0.25, -0.2) is 0 Å². The van der Waals surface area contributed by atoms with E-state index >= 15 is 0 Å². The Morgan fingerprint density at radius 2 is 1.86 bits per heavy atom. The van der Waals surface area contributed by atoms with Crippen LogP contribution in [0.25, 0.3) is 0 Å². The van der Waals surface area contributed by atoms with Crippen LogP contribution in [0.5, 0.6) is 5.75 Å². The van der Waals surface area contributed by atoms with Crippen LogP contribution in [0.3, 0.4) is 0 Å². The van der Waals surface area contributed by atoms with Gasteiger partial charge in [0.15, 0.2) is 12.4 Å². The molecule has 0 unspecified atom stereocenters. The molecule has 1 aromatic rings. The Bertz CT molecular complexity index is 528. The second-order valence-electron chi connectivity index (χ2n) is 4.69. The van der Waals surface area contributed by atoms with E-state index < -0.39 is 0 Å². The zero-order valence-electron chi connectivity index (χ0n) is 12.3. The molecule has 0 spiro atoms. The molecule has 0 aliphatic carbocycles. The van der Waals surface area contributed by atoms with Crippen molar-refractivity contribution in [1.29, 1.82) is 0 Å². The number of ketones is 1. The lowest BCUT2D eigenvalue weighted by Gasteiger charge is -2.16. The van der Waals surface area contributed by atoms with Crippen LogP contribution in [0.1, 0.15) is 44.0 Å². The first-order chi connectivity index (χ1) is 9.88. The van der Waals surface area contributed by atoms with E-state index in [0.29, 0.717) is 5.02 Å². The topological polar surface area (TPSA) is 55.4 Å². The fraction of sp³-hybridized carbons (Fsp3) is 0.467. The van der Waals surface area contributed by atoms with Crippen molar-refractivity contribution in [1.82, 2.24) is 5.32 Å². The molecule has 21 heavy (non-hydrogen) atoms. The van der Waals surface area contributed by atoms with Crippen LogP contribution in [-0.4, -0.2) is 24.3 Å². The standard InChI is InChI=1S/C15H19Cl2NO3/c1-4-11(5-2)18-14(20)8-21-15-12(9(3)19)6-10(16)7-13(15)17/h6-7,11H,4-5,8H2,1-3H3,(H,18,20). The van der Waals surface area contributed by atoms with E-state index in [9.17, 15) is 9.59 Å². The van der Waals surface area contributed by atoms with Crippen LogP contribution >= 0.6 is 23.2 Å². The molecule has 0 atom stereocenters. The maximum atomic E-state index is 11.8. The summed E-state index contributed by atoms with van der Waals surface area (Å²) in [5.41, 5.74) is 0.267. The summed E-state index contributed by atoms with van der Waals surface area (Å²) in [4.78, 5) is 23.4. The number of amides is 1. The molecule has 0 heterocycles. The molecule has 0 bridgehead atoms. The lowest BCUT2D eigenvalue weighted by atomic mass is 10.1. The first-order valence-corrected chi connectivity index (χ1v) is 7.56. The molecule has 0 aromatic heterocycles. The highest BCUT2D eigenvalue weighted by Gasteiger charge is 2.16. The van der Waals surface area contributed by atoms with Gasteiger partial charge < -0.3 is 10.1 Å². The maximum absolute atomic E-state index is 11.8. The third kappa shape index (κ3) is 5.21. The van der Waals surface area contributed by atoms with E-state index in [0.717, 1.165) is 12.8 Å². The molecule has 116 valence electrons. The van der Waals surface area contributed by atoms with Crippen LogP contribution in [0, 0.1) is 0 Å².